The molecule has 2 heterocycles. The maximum absolute atomic E-state index is 12.9. The summed E-state index contributed by atoms with van der Waals surface area (Å²) in [6, 6.07) is 10.8. The van der Waals surface area contributed by atoms with Crippen LogP contribution in [-0.2, 0) is 14.8 Å². The summed E-state index contributed by atoms with van der Waals surface area (Å²) in [6.07, 6.45) is -1.33. The standard InChI is InChI=1S/C23H28N2O8S/c1-15-11-25(12-16(2)33-15)34(28,29)20-6-3-17(4-7-20)23(27)24-10-18(26)13-30-19-5-8-21-22(9-19)32-14-31-21/h3-9,15-16,18,26H,10-14H2,1-2H3,(H,24,27). The Kier molecular flexibility index (Phi) is 7.27. The monoisotopic (exact) mass is 492 g/mol. The summed E-state index contributed by atoms with van der Waals surface area (Å²) in [4.78, 5) is 12.5. The highest BCUT2D eigenvalue weighted by Gasteiger charge is 2.32. The number of morpholine rings is 1. The second kappa shape index (κ2) is 10.2. The number of nitrogens with one attached hydrogen (secondary N) is 1. The summed E-state index contributed by atoms with van der Waals surface area (Å²) in [5.74, 6) is 1.28. The zero-order valence-corrected chi connectivity index (χ0v) is 19.8. The lowest BCUT2D eigenvalue weighted by Gasteiger charge is -2.34. The van der Waals surface area contributed by atoms with Crippen LogP contribution in [0.1, 0.15) is 24.2 Å². The molecule has 0 saturated carbocycles. The molecule has 1 saturated heterocycles. The molecule has 0 spiro atoms. The number of hydrogen-bond donors (Lipinski definition) is 2. The van der Waals surface area contributed by atoms with Crippen LogP contribution in [0.2, 0.25) is 0 Å². The van der Waals surface area contributed by atoms with Crippen LogP contribution in [0.25, 0.3) is 0 Å². The number of ether oxygens (including phenoxy) is 4. The SMILES string of the molecule is CC1CN(S(=O)(=O)c2ccc(C(=O)NCC(O)COc3ccc4c(c3)OCO4)cc2)CC(C)O1. The van der Waals surface area contributed by atoms with Gasteiger partial charge in [0, 0.05) is 31.3 Å². The summed E-state index contributed by atoms with van der Waals surface area (Å²) < 4.78 is 48.9. The highest BCUT2D eigenvalue weighted by molar-refractivity contribution is 7.89. The number of aliphatic hydroxyl groups is 1. The summed E-state index contributed by atoms with van der Waals surface area (Å²) in [5, 5.41) is 12.8. The Bertz CT molecular complexity index is 1110. The Morgan fingerprint density at radius 2 is 1.79 bits per heavy atom. The number of hydrogen-bond acceptors (Lipinski definition) is 8. The van der Waals surface area contributed by atoms with Crippen LogP contribution in [0.5, 0.6) is 17.2 Å². The van der Waals surface area contributed by atoms with Gasteiger partial charge in [0.15, 0.2) is 11.5 Å². The van der Waals surface area contributed by atoms with Gasteiger partial charge in [0.05, 0.1) is 17.1 Å². The number of rotatable bonds is 8. The third-order valence-electron chi connectivity index (χ3n) is 5.43. The molecule has 2 N–H and O–H groups in total. The van der Waals surface area contributed by atoms with Gasteiger partial charge in [0.1, 0.15) is 18.5 Å². The van der Waals surface area contributed by atoms with Crippen molar-refractivity contribution in [2.75, 3.05) is 33.0 Å². The van der Waals surface area contributed by atoms with Crippen LogP contribution < -0.4 is 19.5 Å². The van der Waals surface area contributed by atoms with Crippen LogP contribution in [-0.4, -0.2) is 75.1 Å². The van der Waals surface area contributed by atoms with Gasteiger partial charge >= 0.3 is 0 Å². The third-order valence-corrected chi connectivity index (χ3v) is 7.27. The highest BCUT2D eigenvalue weighted by Crippen LogP contribution is 2.35. The van der Waals surface area contributed by atoms with Crippen LogP contribution >= 0.6 is 0 Å². The molecule has 10 nitrogen and oxygen atoms in total. The molecule has 3 unspecified atom stereocenters. The number of aliphatic hydroxyl groups excluding tert-OH is 1. The number of carbonyl (C=O) groups is 1. The Morgan fingerprint density at radius 1 is 1.12 bits per heavy atom. The first-order valence-electron chi connectivity index (χ1n) is 11.0. The molecule has 2 aromatic carbocycles. The molecular formula is C23H28N2O8S. The largest absolute Gasteiger partial charge is 0.491 e. The molecule has 0 aliphatic carbocycles. The second-order valence-corrected chi connectivity index (χ2v) is 10.2. The Labute approximate surface area is 198 Å². The van der Waals surface area contributed by atoms with Crippen molar-refractivity contribution in [3.05, 3.63) is 48.0 Å². The smallest absolute Gasteiger partial charge is 0.251 e. The number of fused-ring (bicyclic) bond motifs is 1. The van der Waals surface area contributed by atoms with E-state index in [1.807, 2.05) is 13.8 Å². The van der Waals surface area contributed by atoms with Gasteiger partial charge < -0.3 is 29.4 Å². The number of carbonyl (C=O) groups excluding carboxylic acids is 1. The van der Waals surface area contributed by atoms with Crippen molar-refractivity contribution in [2.24, 2.45) is 0 Å². The topological polar surface area (TPSA) is 124 Å². The lowest BCUT2D eigenvalue weighted by atomic mass is 10.2. The van der Waals surface area contributed by atoms with Gasteiger partial charge in [0.25, 0.3) is 5.91 Å². The number of benzene rings is 2. The Hall–Kier alpha value is -2.86. The minimum absolute atomic E-state index is 0.0342. The van der Waals surface area contributed by atoms with Gasteiger partial charge in [0.2, 0.25) is 16.8 Å². The molecule has 2 aromatic rings. The number of nitrogens with zero attached hydrogens (tertiary/aromatic N) is 1. The third kappa shape index (κ3) is 5.61. The predicted molar refractivity (Wildman–Crippen MR) is 122 cm³/mol. The lowest BCUT2D eigenvalue weighted by Crippen LogP contribution is -2.48. The fourth-order valence-electron chi connectivity index (χ4n) is 3.78. The summed E-state index contributed by atoms with van der Waals surface area (Å²) >= 11 is 0. The number of amides is 1. The first-order valence-corrected chi connectivity index (χ1v) is 12.4. The van der Waals surface area contributed by atoms with Crippen molar-refractivity contribution in [3.63, 3.8) is 0 Å². The van der Waals surface area contributed by atoms with Gasteiger partial charge in [-0.15, -0.1) is 0 Å². The molecule has 0 radical (unpaired) electrons. The quantitative estimate of drug-likeness (QED) is 0.567. The van der Waals surface area contributed by atoms with Gasteiger partial charge in [-0.25, -0.2) is 8.42 Å². The van der Waals surface area contributed by atoms with E-state index in [2.05, 4.69) is 5.32 Å². The van der Waals surface area contributed by atoms with E-state index >= 15 is 0 Å². The van der Waals surface area contributed by atoms with Gasteiger partial charge in [-0.3, -0.25) is 4.79 Å². The summed E-state index contributed by atoms with van der Waals surface area (Å²) in [7, 11) is -3.69. The number of sulfonamides is 1. The molecule has 34 heavy (non-hydrogen) atoms. The fourth-order valence-corrected chi connectivity index (χ4v) is 5.38. The minimum Gasteiger partial charge on any atom is -0.491 e. The lowest BCUT2D eigenvalue weighted by molar-refractivity contribution is -0.0440. The molecule has 2 aliphatic rings. The van der Waals surface area contributed by atoms with Crippen LogP contribution in [0, 0.1) is 0 Å². The van der Waals surface area contributed by atoms with E-state index in [0.717, 1.165) is 0 Å². The molecule has 11 heteroatoms. The van der Waals surface area contributed by atoms with Crippen LogP contribution in [0.4, 0.5) is 0 Å². The van der Waals surface area contributed by atoms with Crippen molar-refractivity contribution < 1.29 is 37.3 Å². The van der Waals surface area contributed by atoms with Crippen molar-refractivity contribution >= 4 is 15.9 Å². The molecule has 2 aliphatic heterocycles. The van der Waals surface area contributed by atoms with E-state index in [4.69, 9.17) is 18.9 Å². The molecular weight excluding hydrogens is 464 g/mol. The molecule has 1 amide bonds. The molecule has 3 atom stereocenters. The molecule has 1 fully saturated rings. The fraction of sp³-hybridized carbons (Fsp3) is 0.435. The second-order valence-electron chi connectivity index (χ2n) is 8.29. The zero-order valence-electron chi connectivity index (χ0n) is 19.0. The van der Waals surface area contributed by atoms with E-state index < -0.39 is 22.0 Å². The molecule has 0 bridgehead atoms. The molecule has 0 aromatic heterocycles. The highest BCUT2D eigenvalue weighted by atomic mass is 32.2. The van der Waals surface area contributed by atoms with Crippen LogP contribution in [0.3, 0.4) is 0 Å². The van der Waals surface area contributed by atoms with Crippen molar-refractivity contribution in [2.45, 2.75) is 37.1 Å². The predicted octanol–water partition coefficient (Wildman–Crippen LogP) is 1.38. The molecule has 184 valence electrons. The van der Waals surface area contributed by atoms with Crippen molar-refractivity contribution in [1.29, 1.82) is 0 Å². The Balaban J connectivity index is 1.28. The van der Waals surface area contributed by atoms with Crippen molar-refractivity contribution in [1.82, 2.24) is 9.62 Å². The van der Waals surface area contributed by atoms with Crippen LogP contribution in [0.15, 0.2) is 47.4 Å². The first kappa shape index (κ1) is 24.3. The van der Waals surface area contributed by atoms with E-state index in [1.54, 1.807) is 18.2 Å². The minimum atomic E-state index is -3.69. The van der Waals surface area contributed by atoms with Gasteiger partial charge in [-0.1, -0.05) is 0 Å². The molecule has 4 rings (SSSR count). The zero-order chi connectivity index (χ0) is 24.3. The average molecular weight is 493 g/mol. The summed E-state index contributed by atoms with van der Waals surface area (Å²) in [5.41, 5.74) is 0.284. The maximum Gasteiger partial charge on any atom is 0.251 e. The van der Waals surface area contributed by atoms with E-state index in [1.165, 1.54) is 28.6 Å². The van der Waals surface area contributed by atoms with E-state index in [-0.39, 0.29) is 55.7 Å². The van der Waals surface area contributed by atoms with Gasteiger partial charge in [-0.2, -0.15) is 4.31 Å². The van der Waals surface area contributed by atoms with E-state index in [9.17, 15) is 18.3 Å². The van der Waals surface area contributed by atoms with Gasteiger partial charge in [-0.05, 0) is 50.2 Å². The normalized spacial score (nSPS) is 21.1. The summed E-state index contributed by atoms with van der Waals surface area (Å²) in [6.45, 7) is 4.31. The van der Waals surface area contributed by atoms with Crippen molar-refractivity contribution in [3.8, 4) is 17.2 Å². The maximum atomic E-state index is 12.9. The Morgan fingerprint density at radius 3 is 2.50 bits per heavy atom. The van der Waals surface area contributed by atoms with E-state index in [0.29, 0.717) is 17.2 Å². The first-order chi connectivity index (χ1) is 16.2. The average Bonchev–Trinajstić information content (AvgIpc) is 3.28.